The van der Waals surface area contributed by atoms with Crippen LogP contribution in [0.3, 0.4) is 0 Å². The number of hydrogen-bond donors (Lipinski definition) is 0. The monoisotopic (exact) mass is 820 g/mol. The largest absolute Gasteiger partial charge is 0.455 e. The molecule has 0 atom stereocenters. The van der Waals surface area contributed by atoms with Crippen LogP contribution >= 0.6 is 11.3 Å². The molecule has 0 bridgehead atoms. The average molecular weight is 821 g/mol. The predicted octanol–water partition coefficient (Wildman–Crippen LogP) is 15.6. The van der Waals surface area contributed by atoms with Crippen LogP contribution in [0.4, 0.5) is 0 Å². The molecule has 14 aromatic rings. The van der Waals surface area contributed by atoms with E-state index in [1.54, 1.807) is 11.3 Å². The zero-order valence-electron chi connectivity index (χ0n) is 33.6. The van der Waals surface area contributed by atoms with E-state index in [2.05, 4.69) is 199 Å². The highest BCUT2D eigenvalue weighted by Crippen LogP contribution is 2.47. The highest BCUT2D eigenvalue weighted by atomic mass is 32.1. The van der Waals surface area contributed by atoms with Crippen LogP contribution in [0.15, 0.2) is 199 Å². The van der Waals surface area contributed by atoms with Crippen LogP contribution in [0.25, 0.3) is 137 Å². The van der Waals surface area contributed by atoms with Crippen molar-refractivity contribution in [3.63, 3.8) is 0 Å². The van der Waals surface area contributed by atoms with Gasteiger partial charge in [0.25, 0.3) is 0 Å². The van der Waals surface area contributed by atoms with E-state index in [-0.39, 0.29) is 0 Å². The van der Waals surface area contributed by atoms with E-state index in [0.717, 1.165) is 88.1 Å². The fourth-order valence-electron chi connectivity index (χ4n) is 10.0. The van der Waals surface area contributed by atoms with E-state index in [9.17, 15) is 0 Å². The minimum absolute atomic E-state index is 0.554. The van der Waals surface area contributed by atoms with Crippen molar-refractivity contribution in [3.8, 4) is 56.4 Å². The second-order valence-electron chi connectivity index (χ2n) is 16.3. The fourth-order valence-corrected chi connectivity index (χ4v) is 11.2. The van der Waals surface area contributed by atoms with Crippen molar-refractivity contribution in [2.75, 3.05) is 0 Å². The summed E-state index contributed by atoms with van der Waals surface area (Å²) in [5, 5.41) is 9.17. The standard InChI is InChI=1S/C57H32N4OS/c1-3-14-33(15-4-1)35-30-36(34-16-5-2-6-17-34)32-37(31-35)55-58-56(43-21-13-25-49-50(43)42-20-9-12-24-48(42)63-49)60-57(59-55)44-27-26-40-38-18-7-10-22-45(38)61-46-23-11-8-19-39(46)41-28-29-47-52(53(41)61)51(40)54(44)62-47/h1-32H. The SMILES string of the molecule is c1ccc(-c2cc(-c3ccccc3)cc(-c3nc(-c4ccc5c6ccccc6n6c7ccccc7c7ccc8oc4c5c8c76)nc(-c4cccc5sc6ccccc6c45)n3)c2)cc1. The molecule has 5 heterocycles. The minimum Gasteiger partial charge on any atom is -0.455 e. The van der Waals surface area contributed by atoms with Gasteiger partial charge >= 0.3 is 0 Å². The number of benzene rings is 9. The molecule has 9 aromatic carbocycles. The van der Waals surface area contributed by atoms with E-state index in [1.807, 2.05) is 0 Å². The van der Waals surface area contributed by atoms with Crippen LogP contribution < -0.4 is 0 Å². The molecule has 6 heteroatoms. The van der Waals surface area contributed by atoms with Crippen molar-refractivity contribution in [2.24, 2.45) is 0 Å². The van der Waals surface area contributed by atoms with E-state index < -0.39 is 0 Å². The first-order valence-electron chi connectivity index (χ1n) is 21.2. The van der Waals surface area contributed by atoms with Gasteiger partial charge in [0.05, 0.1) is 27.5 Å². The number of rotatable bonds is 5. The lowest BCUT2D eigenvalue weighted by molar-refractivity contribution is 0.670. The Morgan fingerprint density at radius 3 is 1.67 bits per heavy atom. The molecular formula is C57H32N4OS. The van der Waals surface area contributed by atoms with Crippen molar-refractivity contribution in [1.29, 1.82) is 0 Å². The third-order valence-electron chi connectivity index (χ3n) is 12.8. The van der Waals surface area contributed by atoms with Gasteiger partial charge < -0.3 is 8.82 Å². The quantitative estimate of drug-likeness (QED) is 0.174. The number of aromatic nitrogens is 4. The zero-order chi connectivity index (χ0) is 41.2. The van der Waals surface area contributed by atoms with Crippen LogP contribution in [-0.4, -0.2) is 19.4 Å². The Bertz CT molecular complexity index is 4090. The lowest BCUT2D eigenvalue weighted by Gasteiger charge is -2.13. The highest BCUT2D eigenvalue weighted by molar-refractivity contribution is 7.25. The van der Waals surface area contributed by atoms with E-state index in [1.165, 1.54) is 31.1 Å². The second kappa shape index (κ2) is 13.2. The lowest BCUT2D eigenvalue weighted by atomic mass is 9.95. The predicted molar refractivity (Wildman–Crippen MR) is 262 cm³/mol. The molecular weight excluding hydrogens is 789 g/mol. The summed E-state index contributed by atoms with van der Waals surface area (Å²) in [6.07, 6.45) is 0. The van der Waals surface area contributed by atoms with Gasteiger partial charge in [0.2, 0.25) is 0 Å². The van der Waals surface area contributed by atoms with Crippen LogP contribution in [0.5, 0.6) is 0 Å². The maximum absolute atomic E-state index is 7.08. The molecule has 0 radical (unpaired) electrons. The molecule has 63 heavy (non-hydrogen) atoms. The lowest BCUT2D eigenvalue weighted by Crippen LogP contribution is -2.01. The Morgan fingerprint density at radius 2 is 0.937 bits per heavy atom. The van der Waals surface area contributed by atoms with Gasteiger partial charge in [0.15, 0.2) is 17.5 Å². The number of furan rings is 1. The normalized spacial score (nSPS) is 12.1. The van der Waals surface area contributed by atoms with Crippen LogP contribution in [0.1, 0.15) is 0 Å². The molecule has 5 aromatic heterocycles. The first kappa shape index (κ1) is 34.5. The van der Waals surface area contributed by atoms with E-state index in [4.69, 9.17) is 19.4 Å². The molecule has 0 aliphatic carbocycles. The van der Waals surface area contributed by atoms with Crippen molar-refractivity contribution in [2.45, 2.75) is 0 Å². The van der Waals surface area contributed by atoms with Gasteiger partial charge in [-0.3, -0.25) is 0 Å². The molecule has 0 amide bonds. The summed E-state index contributed by atoms with van der Waals surface area (Å²) in [6, 6.07) is 68.9. The number of hydrogen-bond acceptors (Lipinski definition) is 5. The Kier molecular flexibility index (Phi) is 7.21. The molecule has 14 rings (SSSR count). The molecule has 0 fully saturated rings. The Hall–Kier alpha value is -8.19. The Balaban J connectivity index is 1.10. The Labute approximate surface area is 364 Å². The Morgan fingerprint density at radius 1 is 0.365 bits per heavy atom. The third kappa shape index (κ3) is 5.07. The molecule has 0 saturated heterocycles. The topological polar surface area (TPSA) is 56.2 Å². The van der Waals surface area contributed by atoms with Gasteiger partial charge in [-0.2, -0.15) is 0 Å². The first-order valence-corrected chi connectivity index (χ1v) is 22.0. The molecule has 0 aliphatic heterocycles. The van der Waals surface area contributed by atoms with Crippen LogP contribution in [0.2, 0.25) is 0 Å². The first-order chi connectivity index (χ1) is 31.2. The van der Waals surface area contributed by atoms with Crippen molar-refractivity contribution in [1.82, 2.24) is 19.4 Å². The smallest absolute Gasteiger partial charge is 0.167 e. The maximum Gasteiger partial charge on any atom is 0.167 e. The molecule has 292 valence electrons. The second-order valence-corrected chi connectivity index (χ2v) is 17.4. The van der Waals surface area contributed by atoms with Gasteiger partial charge in [-0.1, -0.05) is 133 Å². The molecule has 0 spiro atoms. The summed E-state index contributed by atoms with van der Waals surface area (Å²) in [7, 11) is 0. The van der Waals surface area contributed by atoms with Gasteiger partial charge in [0, 0.05) is 52.8 Å². The zero-order valence-corrected chi connectivity index (χ0v) is 34.4. The van der Waals surface area contributed by atoms with E-state index >= 15 is 0 Å². The van der Waals surface area contributed by atoms with Gasteiger partial charge in [0.1, 0.15) is 11.2 Å². The summed E-state index contributed by atoms with van der Waals surface area (Å²) in [5.41, 5.74) is 12.1. The summed E-state index contributed by atoms with van der Waals surface area (Å²) >= 11 is 1.79. The van der Waals surface area contributed by atoms with Gasteiger partial charge in [-0.15, -0.1) is 11.3 Å². The molecule has 0 aliphatic rings. The summed E-state index contributed by atoms with van der Waals surface area (Å²) < 4.78 is 11.9. The number of thiophene rings is 1. The summed E-state index contributed by atoms with van der Waals surface area (Å²) in [6.45, 7) is 0. The van der Waals surface area contributed by atoms with Crippen molar-refractivity contribution in [3.05, 3.63) is 194 Å². The summed E-state index contributed by atoms with van der Waals surface area (Å²) in [4.78, 5) is 16.3. The fraction of sp³-hybridized carbons (Fsp3) is 0. The van der Waals surface area contributed by atoms with Crippen LogP contribution in [-0.2, 0) is 0 Å². The average Bonchev–Trinajstić information content (AvgIpc) is 4.01. The van der Waals surface area contributed by atoms with E-state index in [0.29, 0.717) is 17.5 Å². The van der Waals surface area contributed by atoms with Crippen molar-refractivity contribution >= 4 is 91.5 Å². The van der Waals surface area contributed by atoms with Crippen LogP contribution in [0, 0.1) is 0 Å². The molecule has 0 unspecified atom stereocenters. The third-order valence-corrected chi connectivity index (χ3v) is 13.9. The number of fused-ring (bicyclic) bond motifs is 9. The van der Waals surface area contributed by atoms with Gasteiger partial charge in [-0.25, -0.2) is 15.0 Å². The van der Waals surface area contributed by atoms with Crippen molar-refractivity contribution < 1.29 is 4.42 Å². The molecule has 0 saturated carbocycles. The molecule has 0 N–H and O–H groups in total. The minimum atomic E-state index is 0.554. The summed E-state index contributed by atoms with van der Waals surface area (Å²) in [5.74, 6) is 1.76. The highest BCUT2D eigenvalue weighted by Gasteiger charge is 2.25. The maximum atomic E-state index is 7.08. The van der Waals surface area contributed by atoms with Gasteiger partial charge in [-0.05, 0) is 88.3 Å². The molecule has 5 nitrogen and oxygen atoms in total. The number of nitrogens with zero attached hydrogens (tertiary/aromatic N) is 4. The number of para-hydroxylation sites is 2.